The summed E-state index contributed by atoms with van der Waals surface area (Å²) in [6, 6.07) is 0. The molecule has 0 saturated heterocycles. The van der Waals surface area contributed by atoms with E-state index < -0.39 is 0 Å². The fourth-order valence-corrected chi connectivity index (χ4v) is 1.34. The van der Waals surface area contributed by atoms with Crippen molar-refractivity contribution in [2.24, 2.45) is 0 Å². The van der Waals surface area contributed by atoms with E-state index in [1.165, 1.54) is 30.7 Å². The van der Waals surface area contributed by atoms with Gasteiger partial charge in [-0.2, -0.15) is 0 Å². The van der Waals surface area contributed by atoms with E-state index in [2.05, 4.69) is 55.9 Å². The van der Waals surface area contributed by atoms with Crippen molar-refractivity contribution in [2.45, 2.75) is 27.7 Å². The van der Waals surface area contributed by atoms with Gasteiger partial charge in [0.2, 0.25) is 0 Å². The summed E-state index contributed by atoms with van der Waals surface area (Å²) in [6.07, 6.45) is 0. The predicted molar refractivity (Wildman–Crippen MR) is 66.4 cm³/mol. The summed E-state index contributed by atoms with van der Waals surface area (Å²) in [4.78, 5) is 0. The Labute approximate surface area is 102 Å². The van der Waals surface area contributed by atoms with Gasteiger partial charge in [0.25, 0.3) is 0 Å². The second kappa shape index (κ2) is 11.3. The second-order valence-corrected chi connectivity index (χ2v) is 5.29. The molecule has 0 aliphatic rings. The molecule has 0 aromatic heterocycles. The smallest absolute Gasteiger partial charge is 0.0757 e. The van der Waals surface area contributed by atoms with Crippen molar-refractivity contribution in [3.63, 3.8) is 0 Å². The first-order valence-corrected chi connectivity index (χ1v) is 6.05. The van der Waals surface area contributed by atoms with Crippen LogP contribution in [-0.4, -0.2) is 63.3 Å². The molecule has 0 radical (unpaired) electrons. The van der Waals surface area contributed by atoms with E-state index in [0.717, 1.165) is 4.48 Å². The number of nitrogens with zero attached hydrogens (tertiary/aromatic N) is 2. The molecule has 0 aliphatic carbocycles. The molecule has 16 heavy (non-hydrogen) atoms. The fourth-order valence-electron chi connectivity index (χ4n) is 1.34. The average molecular weight is 236 g/mol. The fraction of sp³-hybridized carbons (Fsp3) is 1.00. The van der Waals surface area contributed by atoms with Crippen molar-refractivity contribution in [1.82, 2.24) is 0 Å². The standard InChI is InChI=1S/C8H20N.C4H12N.O2/c1-5-9(6-2,7-3)8-4;1-5(2,3)4;1-2/h5-8H2,1-4H3;1-4H3;/q2*+1;-2. The molecular weight excluding hydrogens is 204 g/mol. The highest BCUT2D eigenvalue weighted by molar-refractivity contribution is 4.31. The summed E-state index contributed by atoms with van der Waals surface area (Å²) >= 11 is 0. The molecular formula is C12H32N2O2. The van der Waals surface area contributed by atoms with Crippen LogP contribution in [0, 0.1) is 0 Å². The third-order valence-corrected chi connectivity index (χ3v) is 2.68. The van der Waals surface area contributed by atoms with Crippen LogP contribution in [0.3, 0.4) is 0 Å². The summed E-state index contributed by atoms with van der Waals surface area (Å²) in [7, 11) is 8.50. The molecule has 0 amide bonds. The predicted octanol–water partition coefficient (Wildman–Crippen LogP) is -0.173. The van der Waals surface area contributed by atoms with Crippen molar-refractivity contribution < 1.29 is 19.5 Å². The number of quaternary nitrogens is 2. The first-order valence-electron chi connectivity index (χ1n) is 6.05. The van der Waals surface area contributed by atoms with Gasteiger partial charge in [-0.15, -0.1) is 0 Å². The molecule has 0 N–H and O–H groups in total. The number of hydrogen-bond acceptors (Lipinski definition) is 2. The monoisotopic (exact) mass is 236 g/mol. The van der Waals surface area contributed by atoms with Crippen LogP contribution in [0.15, 0.2) is 0 Å². The second-order valence-electron chi connectivity index (χ2n) is 5.29. The SMILES string of the molecule is CC[N+](CC)(CC)CC.C[N+](C)(C)C.[O-][O-]. The Bertz CT molecular complexity index is 106. The Balaban J connectivity index is -0.000000205. The van der Waals surface area contributed by atoms with Gasteiger partial charge in [-0.05, 0) is 27.7 Å². The number of rotatable bonds is 4. The molecule has 0 bridgehead atoms. The van der Waals surface area contributed by atoms with Crippen molar-refractivity contribution in [1.29, 1.82) is 0 Å². The lowest BCUT2D eigenvalue weighted by Gasteiger charge is -2.34. The minimum Gasteiger partial charge on any atom is -1.00 e. The Hall–Kier alpha value is -0.160. The van der Waals surface area contributed by atoms with Crippen LogP contribution in [0.25, 0.3) is 0 Å². The van der Waals surface area contributed by atoms with Gasteiger partial charge in [0, 0.05) is 0 Å². The maximum absolute atomic E-state index is 7.00. The van der Waals surface area contributed by atoms with Gasteiger partial charge in [0.15, 0.2) is 0 Å². The van der Waals surface area contributed by atoms with Crippen LogP contribution in [-0.2, 0) is 0 Å². The van der Waals surface area contributed by atoms with E-state index in [1.54, 1.807) is 0 Å². The zero-order valence-corrected chi connectivity index (χ0v) is 12.5. The minimum atomic E-state index is 1.00. The molecule has 0 heterocycles. The zero-order valence-electron chi connectivity index (χ0n) is 12.5. The molecule has 0 aromatic rings. The minimum absolute atomic E-state index is 1.00. The van der Waals surface area contributed by atoms with E-state index in [-0.39, 0.29) is 0 Å². The van der Waals surface area contributed by atoms with Crippen molar-refractivity contribution in [3.8, 4) is 0 Å². The highest BCUT2D eigenvalue weighted by atomic mass is 17.0. The van der Waals surface area contributed by atoms with Crippen LogP contribution in [0.2, 0.25) is 0 Å². The molecule has 0 fully saturated rings. The van der Waals surface area contributed by atoms with Crippen molar-refractivity contribution in [2.75, 3.05) is 54.4 Å². The highest BCUT2D eigenvalue weighted by Gasteiger charge is 2.16. The average Bonchev–Trinajstić information content (AvgIpc) is 2.23. The Morgan fingerprint density at radius 2 is 0.750 bits per heavy atom. The normalized spacial score (nSPS) is 10.9. The van der Waals surface area contributed by atoms with E-state index in [9.17, 15) is 0 Å². The van der Waals surface area contributed by atoms with Gasteiger partial charge >= 0.3 is 0 Å². The third kappa shape index (κ3) is 16.3. The van der Waals surface area contributed by atoms with Crippen molar-refractivity contribution in [3.05, 3.63) is 0 Å². The Kier molecular flexibility index (Phi) is 15.0. The summed E-state index contributed by atoms with van der Waals surface area (Å²) in [5.41, 5.74) is 0. The van der Waals surface area contributed by atoms with Crippen LogP contribution >= 0.6 is 0 Å². The van der Waals surface area contributed by atoms with Crippen LogP contribution in [0.4, 0.5) is 0 Å². The molecule has 0 unspecified atom stereocenters. The lowest BCUT2D eigenvalue weighted by atomic mass is 10.3. The Morgan fingerprint density at radius 1 is 0.625 bits per heavy atom. The molecule has 0 spiro atoms. The van der Waals surface area contributed by atoms with Gasteiger partial charge in [-0.3, -0.25) is 0 Å². The molecule has 0 aliphatic heterocycles. The molecule has 4 nitrogen and oxygen atoms in total. The van der Waals surface area contributed by atoms with Gasteiger partial charge < -0.3 is 19.5 Å². The van der Waals surface area contributed by atoms with Gasteiger partial charge in [0.05, 0.1) is 54.4 Å². The van der Waals surface area contributed by atoms with E-state index in [4.69, 9.17) is 10.5 Å². The van der Waals surface area contributed by atoms with Crippen LogP contribution in [0.1, 0.15) is 27.7 Å². The zero-order chi connectivity index (χ0) is 13.8. The van der Waals surface area contributed by atoms with Crippen LogP contribution < -0.4 is 10.5 Å². The molecule has 0 rings (SSSR count). The first kappa shape index (κ1) is 21.2. The first-order chi connectivity index (χ1) is 7.24. The largest absolute Gasteiger partial charge is 1.00 e. The quantitative estimate of drug-likeness (QED) is 0.386. The van der Waals surface area contributed by atoms with E-state index in [1.807, 2.05) is 0 Å². The lowest BCUT2D eigenvalue weighted by Crippen LogP contribution is -2.47. The van der Waals surface area contributed by atoms with Gasteiger partial charge in [0.1, 0.15) is 0 Å². The van der Waals surface area contributed by atoms with Crippen LogP contribution in [0.5, 0.6) is 0 Å². The molecule has 102 valence electrons. The molecule has 0 atom stereocenters. The summed E-state index contributed by atoms with van der Waals surface area (Å²) < 4.78 is 2.28. The molecule has 4 heteroatoms. The maximum Gasteiger partial charge on any atom is 0.0757 e. The third-order valence-electron chi connectivity index (χ3n) is 2.68. The summed E-state index contributed by atoms with van der Waals surface area (Å²) in [5.74, 6) is 0. The molecule has 0 aromatic carbocycles. The van der Waals surface area contributed by atoms with E-state index >= 15 is 0 Å². The summed E-state index contributed by atoms with van der Waals surface area (Å²) in [6.45, 7) is 14.2. The summed E-state index contributed by atoms with van der Waals surface area (Å²) in [5, 5.41) is 14.0. The maximum atomic E-state index is 7.00. The Morgan fingerprint density at radius 3 is 0.750 bits per heavy atom. The van der Waals surface area contributed by atoms with Crippen molar-refractivity contribution >= 4 is 0 Å². The van der Waals surface area contributed by atoms with Gasteiger partial charge in [-0.1, -0.05) is 0 Å². The highest BCUT2D eigenvalue weighted by Crippen LogP contribution is 2.03. The lowest BCUT2D eigenvalue weighted by molar-refractivity contribution is -1.00. The number of hydrogen-bond donors (Lipinski definition) is 0. The van der Waals surface area contributed by atoms with E-state index in [0.29, 0.717) is 0 Å². The topological polar surface area (TPSA) is 46.1 Å². The van der Waals surface area contributed by atoms with Gasteiger partial charge in [-0.25, -0.2) is 0 Å². The molecule has 0 saturated carbocycles.